The SMILES string of the molecule is Cc1ccccc1CCC(=O)NC1COc2ccccc21. The molecule has 1 heterocycles. The van der Waals surface area contributed by atoms with Crippen molar-refractivity contribution in [2.45, 2.75) is 25.8 Å². The summed E-state index contributed by atoms with van der Waals surface area (Å²) in [7, 11) is 0. The average Bonchev–Trinajstić information content (AvgIpc) is 2.90. The Kier molecular flexibility index (Phi) is 3.91. The first-order chi connectivity index (χ1) is 10.2. The van der Waals surface area contributed by atoms with Crippen LogP contribution in [0.1, 0.15) is 29.2 Å². The molecule has 0 aromatic heterocycles. The van der Waals surface area contributed by atoms with Gasteiger partial charge in [0.1, 0.15) is 12.4 Å². The Morgan fingerprint density at radius 2 is 1.95 bits per heavy atom. The molecule has 21 heavy (non-hydrogen) atoms. The van der Waals surface area contributed by atoms with Crippen LogP contribution in [0.3, 0.4) is 0 Å². The van der Waals surface area contributed by atoms with Crippen molar-refractivity contribution < 1.29 is 9.53 Å². The molecule has 1 atom stereocenters. The van der Waals surface area contributed by atoms with E-state index in [0.717, 1.165) is 17.7 Å². The number of hydrogen-bond donors (Lipinski definition) is 1. The van der Waals surface area contributed by atoms with Crippen LogP contribution in [0.25, 0.3) is 0 Å². The highest BCUT2D eigenvalue weighted by molar-refractivity contribution is 5.77. The minimum absolute atomic E-state index is 0.0226. The molecule has 1 amide bonds. The Morgan fingerprint density at radius 3 is 2.81 bits per heavy atom. The van der Waals surface area contributed by atoms with Gasteiger partial charge in [0, 0.05) is 12.0 Å². The van der Waals surface area contributed by atoms with Gasteiger partial charge in [-0.15, -0.1) is 0 Å². The zero-order valence-corrected chi connectivity index (χ0v) is 12.1. The van der Waals surface area contributed by atoms with Crippen LogP contribution in [0.2, 0.25) is 0 Å². The van der Waals surface area contributed by atoms with E-state index in [9.17, 15) is 4.79 Å². The summed E-state index contributed by atoms with van der Waals surface area (Å²) in [6, 6.07) is 16.0. The second kappa shape index (κ2) is 6.00. The molecule has 0 radical (unpaired) electrons. The summed E-state index contributed by atoms with van der Waals surface area (Å²) >= 11 is 0. The van der Waals surface area contributed by atoms with E-state index in [0.29, 0.717) is 13.0 Å². The van der Waals surface area contributed by atoms with Gasteiger partial charge in [-0.3, -0.25) is 4.79 Å². The fourth-order valence-electron chi connectivity index (χ4n) is 2.69. The van der Waals surface area contributed by atoms with E-state index in [2.05, 4.69) is 24.4 Å². The molecular formula is C18H19NO2. The van der Waals surface area contributed by atoms with Crippen LogP contribution < -0.4 is 10.1 Å². The normalized spacial score (nSPS) is 16.1. The average molecular weight is 281 g/mol. The minimum atomic E-state index is -0.0226. The second-order valence-corrected chi connectivity index (χ2v) is 5.40. The van der Waals surface area contributed by atoms with Gasteiger partial charge in [-0.1, -0.05) is 42.5 Å². The molecule has 3 nitrogen and oxygen atoms in total. The minimum Gasteiger partial charge on any atom is -0.491 e. The lowest BCUT2D eigenvalue weighted by Gasteiger charge is -2.12. The largest absolute Gasteiger partial charge is 0.491 e. The van der Waals surface area contributed by atoms with Gasteiger partial charge in [0.15, 0.2) is 0 Å². The summed E-state index contributed by atoms with van der Waals surface area (Å²) in [6.45, 7) is 2.60. The highest BCUT2D eigenvalue weighted by Gasteiger charge is 2.24. The molecule has 0 saturated heterocycles. The molecule has 0 bridgehead atoms. The van der Waals surface area contributed by atoms with E-state index in [1.165, 1.54) is 11.1 Å². The van der Waals surface area contributed by atoms with Gasteiger partial charge in [0.2, 0.25) is 5.91 Å². The predicted molar refractivity (Wildman–Crippen MR) is 82.3 cm³/mol. The number of fused-ring (bicyclic) bond motifs is 1. The number of carbonyl (C=O) groups is 1. The quantitative estimate of drug-likeness (QED) is 0.934. The third-order valence-corrected chi connectivity index (χ3v) is 3.92. The van der Waals surface area contributed by atoms with Crippen LogP contribution in [0, 0.1) is 6.92 Å². The number of rotatable bonds is 4. The zero-order chi connectivity index (χ0) is 14.7. The molecule has 1 unspecified atom stereocenters. The van der Waals surface area contributed by atoms with Crippen molar-refractivity contribution in [1.82, 2.24) is 5.32 Å². The number of hydrogen-bond acceptors (Lipinski definition) is 2. The first kappa shape index (κ1) is 13.7. The van der Waals surface area contributed by atoms with Gasteiger partial charge in [0.25, 0.3) is 0 Å². The van der Waals surface area contributed by atoms with E-state index in [-0.39, 0.29) is 11.9 Å². The molecule has 108 valence electrons. The number of benzene rings is 2. The van der Waals surface area contributed by atoms with E-state index in [1.54, 1.807) is 0 Å². The molecular weight excluding hydrogens is 262 g/mol. The van der Waals surface area contributed by atoms with Crippen LogP contribution in [0.15, 0.2) is 48.5 Å². The van der Waals surface area contributed by atoms with Crippen LogP contribution in [0.5, 0.6) is 5.75 Å². The first-order valence-electron chi connectivity index (χ1n) is 7.29. The lowest BCUT2D eigenvalue weighted by atomic mass is 10.0. The van der Waals surface area contributed by atoms with Crippen molar-refractivity contribution in [2.24, 2.45) is 0 Å². The van der Waals surface area contributed by atoms with Crippen LogP contribution in [-0.4, -0.2) is 12.5 Å². The van der Waals surface area contributed by atoms with Crippen molar-refractivity contribution in [2.75, 3.05) is 6.61 Å². The van der Waals surface area contributed by atoms with Crippen LogP contribution in [0.4, 0.5) is 0 Å². The van der Waals surface area contributed by atoms with Gasteiger partial charge in [-0.2, -0.15) is 0 Å². The predicted octanol–water partition coefficient (Wildman–Crippen LogP) is 3.18. The molecule has 3 rings (SSSR count). The maximum absolute atomic E-state index is 12.1. The third kappa shape index (κ3) is 3.07. The van der Waals surface area contributed by atoms with Gasteiger partial charge >= 0.3 is 0 Å². The molecule has 0 aliphatic carbocycles. The highest BCUT2D eigenvalue weighted by atomic mass is 16.5. The van der Waals surface area contributed by atoms with E-state index in [1.807, 2.05) is 36.4 Å². The lowest BCUT2D eigenvalue weighted by molar-refractivity contribution is -0.121. The fourth-order valence-corrected chi connectivity index (χ4v) is 2.69. The number of ether oxygens (including phenoxy) is 1. The molecule has 1 N–H and O–H groups in total. The molecule has 0 saturated carbocycles. The number of carbonyl (C=O) groups excluding carboxylic acids is 1. The molecule has 2 aromatic carbocycles. The number of nitrogens with one attached hydrogen (secondary N) is 1. The number of aryl methyl sites for hydroxylation is 2. The molecule has 1 aliphatic heterocycles. The zero-order valence-electron chi connectivity index (χ0n) is 12.1. The van der Waals surface area contributed by atoms with E-state index >= 15 is 0 Å². The second-order valence-electron chi connectivity index (χ2n) is 5.40. The summed E-state index contributed by atoms with van der Waals surface area (Å²) < 4.78 is 5.58. The van der Waals surface area contributed by atoms with Gasteiger partial charge in [0.05, 0.1) is 6.04 Å². The monoisotopic (exact) mass is 281 g/mol. The summed E-state index contributed by atoms with van der Waals surface area (Å²) in [4.78, 5) is 12.1. The molecule has 0 spiro atoms. The molecule has 3 heteroatoms. The molecule has 1 aliphatic rings. The maximum atomic E-state index is 12.1. The number of amides is 1. The Hall–Kier alpha value is -2.29. The van der Waals surface area contributed by atoms with Crippen molar-refractivity contribution in [1.29, 1.82) is 0 Å². The Bertz CT molecular complexity index is 651. The Morgan fingerprint density at radius 1 is 1.19 bits per heavy atom. The molecule has 0 fully saturated rings. The van der Waals surface area contributed by atoms with Crippen molar-refractivity contribution in [3.05, 3.63) is 65.2 Å². The Balaban J connectivity index is 1.57. The van der Waals surface area contributed by atoms with E-state index in [4.69, 9.17) is 4.74 Å². The van der Waals surface area contributed by atoms with Gasteiger partial charge < -0.3 is 10.1 Å². The number of para-hydroxylation sites is 1. The van der Waals surface area contributed by atoms with Crippen molar-refractivity contribution in [3.8, 4) is 5.75 Å². The van der Waals surface area contributed by atoms with Gasteiger partial charge in [-0.05, 0) is 30.5 Å². The standard InChI is InChI=1S/C18H19NO2/c1-13-6-2-3-7-14(13)10-11-18(20)19-16-12-21-17-9-5-4-8-15(16)17/h2-9,16H,10-12H2,1H3,(H,19,20). The van der Waals surface area contributed by atoms with Gasteiger partial charge in [-0.25, -0.2) is 0 Å². The smallest absolute Gasteiger partial charge is 0.220 e. The summed E-state index contributed by atoms with van der Waals surface area (Å²) in [6.07, 6.45) is 1.28. The summed E-state index contributed by atoms with van der Waals surface area (Å²) in [5.41, 5.74) is 3.54. The molecule has 2 aromatic rings. The van der Waals surface area contributed by atoms with Crippen molar-refractivity contribution >= 4 is 5.91 Å². The topological polar surface area (TPSA) is 38.3 Å². The van der Waals surface area contributed by atoms with Crippen molar-refractivity contribution in [3.63, 3.8) is 0 Å². The lowest BCUT2D eigenvalue weighted by Crippen LogP contribution is -2.29. The Labute approximate surface area is 124 Å². The van der Waals surface area contributed by atoms with E-state index < -0.39 is 0 Å². The third-order valence-electron chi connectivity index (χ3n) is 3.92. The van der Waals surface area contributed by atoms with Crippen LogP contribution >= 0.6 is 0 Å². The summed E-state index contributed by atoms with van der Waals surface area (Å²) in [5.74, 6) is 0.949. The maximum Gasteiger partial charge on any atom is 0.220 e. The first-order valence-corrected chi connectivity index (χ1v) is 7.29. The highest BCUT2D eigenvalue weighted by Crippen LogP contribution is 2.31. The fraction of sp³-hybridized carbons (Fsp3) is 0.278. The van der Waals surface area contributed by atoms with Crippen LogP contribution in [-0.2, 0) is 11.2 Å². The summed E-state index contributed by atoms with van der Waals surface area (Å²) in [5, 5.41) is 3.06.